The Morgan fingerprint density at radius 1 is 1.36 bits per heavy atom. The van der Waals surface area contributed by atoms with Crippen LogP contribution in [0.3, 0.4) is 0 Å². The maximum Gasteiger partial charge on any atom is 0.119 e. The minimum absolute atomic E-state index is 0.419. The van der Waals surface area contributed by atoms with Gasteiger partial charge >= 0.3 is 0 Å². The molecule has 1 saturated carbocycles. The SMILES string of the molecule is C=CCN1CC[C@@]23CCCC[C@H]2[C@H]1Cc1ccc(OC)cc13. The molecule has 3 atom stereocenters. The molecule has 2 fully saturated rings. The topological polar surface area (TPSA) is 12.5 Å². The molecular formula is C20H27NO. The van der Waals surface area contributed by atoms with Gasteiger partial charge in [0.1, 0.15) is 5.75 Å². The zero-order valence-corrected chi connectivity index (χ0v) is 13.7. The van der Waals surface area contributed by atoms with Crippen molar-refractivity contribution in [1.82, 2.24) is 4.90 Å². The van der Waals surface area contributed by atoms with Crippen LogP contribution in [0.5, 0.6) is 5.75 Å². The average molecular weight is 297 g/mol. The van der Waals surface area contributed by atoms with Gasteiger partial charge in [-0.05, 0) is 61.4 Å². The molecule has 0 aromatic heterocycles. The van der Waals surface area contributed by atoms with E-state index in [4.69, 9.17) is 4.74 Å². The highest BCUT2D eigenvalue weighted by Gasteiger charge is 2.53. The Labute approximate surface area is 134 Å². The van der Waals surface area contributed by atoms with E-state index in [2.05, 4.69) is 35.8 Å². The Kier molecular flexibility index (Phi) is 3.53. The van der Waals surface area contributed by atoms with Gasteiger partial charge in [-0.25, -0.2) is 0 Å². The lowest BCUT2D eigenvalue weighted by Gasteiger charge is -2.59. The van der Waals surface area contributed by atoms with E-state index in [-0.39, 0.29) is 0 Å². The number of hydrogen-bond donors (Lipinski definition) is 0. The van der Waals surface area contributed by atoms with Crippen LogP contribution >= 0.6 is 0 Å². The Morgan fingerprint density at radius 2 is 2.27 bits per heavy atom. The van der Waals surface area contributed by atoms with Gasteiger partial charge in [0.05, 0.1) is 7.11 Å². The van der Waals surface area contributed by atoms with Crippen LogP contribution in [0.4, 0.5) is 0 Å². The number of hydrogen-bond acceptors (Lipinski definition) is 2. The summed E-state index contributed by atoms with van der Waals surface area (Å²) in [5.41, 5.74) is 3.60. The highest BCUT2D eigenvalue weighted by molar-refractivity contribution is 5.45. The Bertz CT molecular complexity index is 581. The summed E-state index contributed by atoms with van der Waals surface area (Å²) in [6.07, 6.45) is 10.2. The minimum atomic E-state index is 0.419. The van der Waals surface area contributed by atoms with Gasteiger partial charge in [0, 0.05) is 18.0 Å². The molecule has 22 heavy (non-hydrogen) atoms. The quantitative estimate of drug-likeness (QED) is 0.784. The summed E-state index contributed by atoms with van der Waals surface area (Å²) in [5.74, 6) is 1.86. The first kappa shape index (κ1) is 14.3. The molecular weight excluding hydrogens is 270 g/mol. The lowest BCUT2D eigenvalue weighted by Crippen LogP contribution is -2.60. The lowest BCUT2D eigenvalue weighted by atomic mass is 9.52. The van der Waals surface area contributed by atoms with Crippen LogP contribution in [0.15, 0.2) is 30.9 Å². The molecule has 1 aliphatic heterocycles. The van der Waals surface area contributed by atoms with Crippen molar-refractivity contribution in [2.24, 2.45) is 5.92 Å². The van der Waals surface area contributed by atoms with E-state index in [0.717, 1.165) is 18.2 Å². The van der Waals surface area contributed by atoms with E-state index in [1.165, 1.54) is 45.1 Å². The van der Waals surface area contributed by atoms with Crippen LogP contribution in [0.25, 0.3) is 0 Å². The molecule has 1 aromatic rings. The number of piperidine rings is 1. The molecule has 0 spiro atoms. The summed E-state index contributed by atoms with van der Waals surface area (Å²) in [5, 5.41) is 0. The summed E-state index contributed by atoms with van der Waals surface area (Å²) in [7, 11) is 1.79. The third-order valence-corrected chi connectivity index (χ3v) is 6.52. The van der Waals surface area contributed by atoms with Crippen LogP contribution in [-0.4, -0.2) is 31.1 Å². The van der Waals surface area contributed by atoms with Crippen LogP contribution in [0.2, 0.25) is 0 Å². The van der Waals surface area contributed by atoms with Gasteiger partial charge in [0.2, 0.25) is 0 Å². The van der Waals surface area contributed by atoms with Gasteiger partial charge in [-0.1, -0.05) is 25.0 Å². The molecule has 2 bridgehead atoms. The number of fused-ring (bicyclic) bond motifs is 1. The maximum absolute atomic E-state index is 5.53. The molecule has 2 heteroatoms. The molecule has 1 heterocycles. The van der Waals surface area contributed by atoms with Crippen LogP contribution in [0.1, 0.15) is 43.2 Å². The lowest BCUT2D eigenvalue weighted by molar-refractivity contribution is -0.00517. The van der Waals surface area contributed by atoms with E-state index in [0.29, 0.717) is 11.5 Å². The van der Waals surface area contributed by atoms with E-state index in [1.807, 2.05) is 0 Å². The van der Waals surface area contributed by atoms with Crippen molar-refractivity contribution >= 4 is 0 Å². The highest BCUT2D eigenvalue weighted by atomic mass is 16.5. The number of nitrogens with zero attached hydrogens (tertiary/aromatic N) is 1. The second kappa shape index (κ2) is 5.42. The van der Waals surface area contributed by atoms with E-state index in [1.54, 1.807) is 18.2 Å². The van der Waals surface area contributed by atoms with Crippen molar-refractivity contribution in [3.63, 3.8) is 0 Å². The normalized spacial score (nSPS) is 33.7. The van der Waals surface area contributed by atoms with Gasteiger partial charge in [-0.15, -0.1) is 6.58 Å². The molecule has 0 N–H and O–H groups in total. The standard InChI is InChI=1S/C20H27NO/c1-3-11-21-12-10-20-9-5-4-6-17(20)19(21)13-15-7-8-16(22-2)14-18(15)20/h3,7-8,14,17,19H,1,4-6,9-13H2,2H3/t17-,19+,20-/m0/s1. The smallest absolute Gasteiger partial charge is 0.119 e. The number of likely N-dealkylation sites (tertiary alicyclic amines) is 1. The number of methoxy groups -OCH3 is 1. The van der Waals surface area contributed by atoms with Crippen molar-refractivity contribution in [2.75, 3.05) is 20.2 Å². The summed E-state index contributed by atoms with van der Waals surface area (Å²) >= 11 is 0. The largest absolute Gasteiger partial charge is 0.497 e. The molecule has 2 aliphatic carbocycles. The second-order valence-electron chi connectivity index (χ2n) is 7.34. The molecule has 0 unspecified atom stereocenters. The summed E-state index contributed by atoms with van der Waals surface area (Å²) in [6.45, 7) is 6.24. The fraction of sp³-hybridized carbons (Fsp3) is 0.600. The Morgan fingerprint density at radius 3 is 3.09 bits per heavy atom. The zero-order chi connectivity index (χ0) is 15.2. The third kappa shape index (κ3) is 1.96. The van der Waals surface area contributed by atoms with Gasteiger partial charge in [-0.3, -0.25) is 4.90 Å². The molecule has 4 rings (SSSR count). The zero-order valence-electron chi connectivity index (χ0n) is 13.7. The van der Waals surface area contributed by atoms with E-state index >= 15 is 0 Å². The van der Waals surface area contributed by atoms with Gasteiger partial charge < -0.3 is 4.74 Å². The number of ether oxygens (including phenoxy) is 1. The van der Waals surface area contributed by atoms with Crippen LogP contribution < -0.4 is 4.74 Å². The first-order chi connectivity index (χ1) is 10.8. The maximum atomic E-state index is 5.53. The molecule has 0 radical (unpaired) electrons. The predicted octanol–water partition coefficient (Wildman–Crippen LogP) is 3.94. The first-order valence-electron chi connectivity index (χ1n) is 8.81. The first-order valence-corrected chi connectivity index (χ1v) is 8.81. The van der Waals surface area contributed by atoms with Crippen molar-refractivity contribution in [3.8, 4) is 5.75 Å². The molecule has 2 nitrogen and oxygen atoms in total. The Balaban J connectivity index is 1.82. The average Bonchev–Trinajstić information content (AvgIpc) is 2.57. The van der Waals surface area contributed by atoms with Gasteiger partial charge in [0.25, 0.3) is 0 Å². The molecule has 118 valence electrons. The molecule has 3 aliphatic rings. The summed E-state index contributed by atoms with van der Waals surface area (Å²) in [4.78, 5) is 2.69. The van der Waals surface area contributed by atoms with Crippen molar-refractivity contribution < 1.29 is 4.74 Å². The highest BCUT2D eigenvalue weighted by Crippen LogP contribution is 2.56. The van der Waals surface area contributed by atoms with Gasteiger partial charge in [-0.2, -0.15) is 0 Å². The predicted molar refractivity (Wildman–Crippen MR) is 90.5 cm³/mol. The van der Waals surface area contributed by atoms with Crippen molar-refractivity contribution in [1.29, 1.82) is 0 Å². The Hall–Kier alpha value is -1.28. The second-order valence-corrected chi connectivity index (χ2v) is 7.34. The fourth-order valence-electron chi connectivity index (χ4n) is 5.58. The number of benzene rings is 1. The molecule has 0 amide bonds. The monoisotopic (exact) mass is 297 g/mol. The van der Waals surface area contributed by atoms with Crippen LogP contribution in [-0.2, 0) is 11.8 Å². The van der Waals surface area contributed by atoms with E-state index in [9.17, 15) is 0 Å². The summed E-state index contributed by atoms with van der Waals surface area (Å²) in [6, 6.07) is 7.54. The van der Waals surface area contributed by atoms with E-state index < -0.39 is 0 Å². The molecule has 1 aromatic carbocycles. The summed E-state index contributed by atoms with van der Waals surface area (Å²) < 4.78 is 5.53. The van der Waals surface area contributed by atoms with Crippen LogP contribution in [0, 0.1) is 5.92 Å². The fourth-order valence-corrected chi connectivity index (χ4v) is 5.58. The molecule has 1 saturated heterocycles. The van der Waals surface area contributed by atoms with Crippen molar-refractivity contribution in [3.05, 3.63) is 42.0 Å². The number of rotatable bonds is 3. The third-order valence-electron chi connectivity index (χ3n) is 6.52. The minimum Gasteiger partial charge on any atom is -0.497 e. The van der Waals surface area contributed by atoms with Crippen molar-refractivity contribution in [2.45, 2.75) is 50.0 Å². The van der Waals surface area contributed by atoms with Gasteiger partial charge in [0.15, 0.2) is 0 Å².